The minimum absolute atomic E-state index is 0.266. The van der Waals surface area contributed by atoms with Crippen molar-refractivity contribution in [2.45, 2.75) is 39.7 Å². The first-order chi connectivity index (χ1) is 9.28. The zero-order valence-corrected chi connectivity index (χ0v) is 12.4. The topological polar surface area (TPSA) is 58.6 Å². The maximum absolute atomic E-state index is 11.4. The summed E-state index contributed by atoms with van der Waals surface area (Å²) in [5.41, 5.74) is 1.15. The van der Waals surface area contributed by atoms with Crippen molar-refractivity contribution in [1.82, 2.24) is 5.32 Å². The van der Waals surface area contributed by atoms with E-state index < -0.39 is 11.7 Å². The van der Waals surface area contributed by atoms with Gasteiger partial charge in [-0.3, -0.25) is 0 Å². The molecule has 0 saturated heterocycles. The number of alkyl carbamates (subject to hydrolysis) is 1. The molecule has 0 unspecified atom stereocenters. The fraction of sp³-hybridized carbons (Fsp3) is 0.438. The number of phenols is 1. The highest BCUT2D eigenvalue weighted by atomic mass is 16.6. The summed E-state index contributed by atoms with van der Waals surface area (Å²) in [5, 5.41) is 12.0. The lowest BCUT2D eigenvalue weighted by Crippen LogP contribution is -2.32. The van der Waals surface area contributed by atoms with Crippen molar-refractivity contribution in [3.63, 3.8) is 0 Å². The van der Waals surface area contributed by atoms with Crippen LogP contribution >= 0.6 is 0 Å². The van der Waals surface area contributed by atoms with Gasteiger partial charge in [0.15, 0.2) is 0 Å². The maximum atomic E-state index is 11.4. The number of amides is 1. The average molecular weight is 275 g/mol. The van der Waals surface area contributed by atoms with E-state index >= 15 is 0 Å². The highest BCUT2D eigenvalue weighted by Crippen LogP contribution is 2.16. The van der Waals surface area contributed by atoms with Crippen molar-refractivity contribution in [1.29, 1.82) is 0 Å². The van der Waals surface area contributed by atoms with Crippen molar-refractivity contribution < 1.29 is 14.6 Å². The van der Waals surface area contributed by atoms with Crippen molar-refractivity contribution in [2.75, 3.05) is 6.54 Å². The van der Waals surface area contributed by atoms with Gasteiger partial charge >= 0.3 is 6.09 Å². The summed E-state index contributed by atoms with van der Waals surface area (Å²) in [6.07, 6.45) is 0.110. The molecule has 0 atom stereocenters. The number of benzene rings is 1. The summed E-state index contributed by atoms with van der Waals surface area (Å²) >= 11 is 0. The second-order valence-corrected chi connectivity index (χ2v) is 5.48. The number of hydrogen-bond acceptors (Lipinski definition) is 3. The summed E-state index contributed by atoms with van der Waals surface area (Å²) < 4.78 is 5.11. The van der Waals surface area contributed by atoms with Crippen LogP contribution in [0.15, 0.2) is 18.2 Å². The molecule has 4 nitrogen and oxygen atoms in total. The molecule has 1 aromatic carbocycles. The summed E-state index contributed by atoms with van der Waals surface area (Å²) in [4.78, 5) is 11.4. The molecule has 0 saturated carbocycles. The minimum atomic E-state index is -0.487. The largest absolute Gasteiger partial charge is 0.508 e. The van der Waals surface area contributed by atoms with E-state index in [0.29, 0.717) is 13.0 Å². The van der Waals surface area contributed by atoms with Crippen molar-refractivity contribution in [3.05, 3.63) is 29.3 Å². The zero-order chi connectivity index (χ0) is 15.2. The summed E-state index contributed by atoms with van der Waals surface area (Å²) in [6.45, 7) is 7.72. The standard InChI is InChI=1S/C16H21NO3/c1-12-11-13(8-9-14(12)18)7-5-6-10-17-15(19)20-16(2,3)4/h8-9,11,18H,6,10H2,1-4H3,(H,17,19). The third-order valence-corrected chi connectivity index (χ3v) is 2.35. The Morgan fingerprint density at radius 2 is 2.10 bits per heavy atom. The number of ether oxygens (including phenoxy) is 1. The molecule has 0 fully saturated rings. The number of aryl methyl sites for hydroxylation is 1. The quantitative estimate of drug-likeness (QED) is 0.644. The molecule has 0 bridgehead atoms. The smallest absolute Gasteiger partial charge is 0.407 e. The molecule has 4 heteroatoms. The second kappa shape index (κ2) is 6.85. The van der Waals surface area contributed by atoms with Crippen LogP contribution in [-0.4, -0.2) is 23.3 Å². The minimum Gasteiger partial charge on any atom is -0.508 e. The number of rotatable bonds is 2. The Morgan fingerprint density at radius 3 is 2.70 bits per heavy atom. The Labute approximate surface area is 120 Å². The van der Waals surface area contributed by atoms with Gasteiger partial charge in [-0.1, -0.05) is 11.8 Å². The molecule has 1 aromatic rings. The highest BCUT2D eigenvalue weighted by molar-refractivity contribution is 5.67. The van der Waals surface area contributed by atoms with Crippen LogP contribution in [-0.2, 0) is 4.74 Å². The van der Waals surface area contributed by atoms with E-state index in [-0.39, 0.29) is 5.75 Å². The van der Waals surface area contributed by atoms with Gasteiger partial charge < -0.3 is 15.2 Å². The van der Waals surface area contributed by atoms with Gasteiger partial charge in [-0.15, -0.1) is 0 Å². The van der Waals surface area contributed by atoms with Crippen molar-refractivity contribution >= 4 is 6.09 Å². The Bertz CT molecular complexity index is 533. The van der Waals surface area contributed by atoms with Crippen molar-refractivity contribution in [2.24, 2.45) is 0 Å². The normalized spacial score (nSPS) is 10.4. The van der Waals surface area contributed by atoms with E-state index in [9.17, 15) is 9.90 Å². The van der Waals surface area contributed by atoms with E-state index in [0.717, 1.165) is 11.1 Å². The van der Waals surface area contributed by atoms with E-state index in [4.69, 9.17) is 4.74 Å². The van der Waals surface area contributed by atoms with Gasteiger partial charge in [0.2, 0.25) is 0 Å². The Morgan fingerprint density at radius 1 is 1.40 bits per heavy atom. The lowest BCUT2D eigenvalue weighted by molar-refractivity contribution is 0.0529. The summed E-state index contributed by atoms with van der Waals surface area (Å²) in [7, 11) is 0. The molecule has 2 N–H and O–H groups in total. The predicted octanol–water partition coefficient (Wildman–Crippen LogP) is 2.97. The van der Waals surface area contributed by atoms with E-state index in [1.165, 1.54) is 0 Å². The number of carbonyl (C=O) groups is 1. The average Bonchev–Trinajstić information content (AvgIpc) is 2.31. The van der Waals surface area contributed by atoms with Crippen LogP contribution in [0.5, 0.6) is 5.75 Å². The van der Waals surface area contributed by atoms with Gasteiger partial charge in [0.05, 0.1) is 0 Å². The van der Waals surface area contributed by atoms with Gasteiger partial charge in [0.1, 0.15) is 11.4 Å². The summed E-state index contributed by atoms with van der Waals surface area (Å²) in [5.74, 6) is 6.21. The molecular weight excluding hydrogens is 254 g/mol. The van der Waals surface area contributed by atoms with Crippen LogP contribution in [0.3, 0.4) is 0 Å². The Balaban J connectivity index is 2.36. The molecule has 0 aliphatic heterocycles. The zero-order valence-electron chi connectivity index (χ0n) is 12.4. The van der Waals surface area contributed by atoms with Gasteiger partial charge in [0, 0.05) is 18.5 Å². The lowest BCUT2D eigenvalue weighted by Gasteiger charge is -2.19. The lowest BCUT2D eigenvalue weighted by atomic mass is 10.1. The van der Waals surface area contributed by atoms with Crippen LogP contribution in [0, 0.1) is 18.8 Å². The van der Waals surface area contributed by atoms with Gasteiger partial charge in [-0.2, -0.15) is 0 Å². The van der Waals surface area contributed by atoms with E-state index in [1.54, 1.807) is 12.1 Å². The van der Waals surface area contributed by atoms with Gasteiger partial charge in [0.25, 0.3) is 0 Å². The van der Waals surface area contributed by atoms with Crippen LogP contribution in [0.4, 0.5) is 4.79 Å². The number of hydrogen-bond donors (Lipinski definition) is 2. The summed E-state index contributed by atoms with van der Waals surface area (Å²) in [6, 6.07) is 5.21. The first-order valence-corrected chi connectivity index (χ1v) is 6.53. The number of aromatic hydroxyl groups is 1. The molecule has 20 heavy (non-hydrogen) atoms. The molecule has 0 aliphatic rings. The highest BCUT2D eigenvalue weighted by Gasteiger charge is 2.15. The monoisotopic (exact) mass is 275 g/mol. The van der Waals surface area contributed by atoms with Crippen LogP contribution in [0.25, 0.3) is 0 Å². The van der Waals surface area contributed by atoms with Crippen LogP contribution < -0.4 is 5.32 Å². The second-order valence-electron chi connectivity index (χ2n) is 5.48. The van der Waals surface area contributed by atoms with Crippen molar-refractivity contribution in [3.8, 4) is 17.6 Å². The molecule has 0 spiro atoms. The predicted molar refractivity (Wildman–Crippen MR) is 78.6 cm³/mol. The molecule has 0 heterocycles. The molecule has 1 rings (SSSR count). The van der Waals surface area contributed by atoms with Gasteiger partial charge in [-0.25, -0.2) is 4.79 Å². The van der Waals surface area contributed by atoms with Crippen LogP contribution in [0.2, 0.25) is 0 Å². The SMILES string of the molecule is Cc1cc(C#CCCNC(=O)OC(C)(C)C)ccc1O. The Kier molecular flexibility index (Phi) is 5.45. The third-order valence-electron chi connectivity index (χ3n) is 2.35. The molecule has 1 amide bonds. The first-order valence-electron chi connectivity index (χ1n) is 6.53. The van der Waals surface area contributed by atoms with Gasteiger partial charge in [-0.05, 0) is 51.5 Å². The fourth-order valence-corrected chi connectivity index (χ4v) is 1.44. The Hall–Kier alpha value is -2.15. The fourth-order valence-electron chi connectivity index (χ4n) is 1.44. The number of nitrogens with one attached hydrogen (secondary N) is 1. The number of carbonyl (C=O) groups excluding carboxylic acids is 1. The van der Waals surface area contributed by atoms with E-state index in [2.05, 4.69) is 17.2 Å². The van der Waals surface area contributed by atoms with E-state index in [1.807, 2.05) is 33.8 Å². The third kappa shape index (κ3) is 6.14. The molecule has 0 aromatic heterocycles. The maximum Gasteiger partial charge on any atom is 0.407 e. The number of phenolic OH excluding ortho intramolecular Hbond substituents is 1. The molecule has 108 valence electrons. The van der Waals surface area contributed by atoms with Crippen LogP contribution in [0.1, 0.15) is 38.3 Å². The molecule has 0 aliphatic carbocycles. The molecule has 0 radical (unpaired) electrons. The first kappa shape index (κ1) is 15.9. The molecular formula is C16H21NO3.